The Labute approximate surface area is 139 Å². The molecule has 3 heterocycles. The average molecular weight is 323 g/mol. The number of fused-ring (bicyclic) bond motifs is 1. The van der Waals surface area contributed by atoms with E-state index in [4.69, 9.17) is 4.99 Å². The molecule has 0 spiro atoms. The first-order chi connectivity index (χ1) is 11.1. The van der Waals surface area contributed by atoms with Crippen molar-refractivity contribution in [2.75, 3.05) is 0 Å². The van der Waals surface area contributed by atoms with Gasteiger partial charge in [0, 0.05) is 23.1 Å². The van der Waals surface area contributed by atoms with Gasteiger partial charge in [0.15, 0.2) is 0 Å². The van der Waals surface area contributed by atoms with Crippen LogP contribution in [0.5, 0.6) is 0 Å². The molecule has 0 fully saturated rings. The van der Waals surface area contributed by atoms with Gasteiger partial charge in [0.05, 0.1) is 17.1 Å². The highest BCUT2D eigenvalue weighted by Crippen LogP contribution is 2.43. The predicted octanol–water partition coefficient (Wildman–Crippen LogP) is 3.77. The van der Waals surface area contributed by atoms with Crippen LogP contribution in [-0.2, 0) is 10.2 Å². The first kappa shape index (κ1) is 14.3. The minimum absolute atomic E-state index is 0.0152. The van der Waals surface area contributed by atoms with Crippen molar-refractivity contribution in [3.63, 3.8) is 0 Å². The molecular formula is C18H17N3OS. The summed E-state index contributed by atoms with van der Waals surface area (Å²) in [5, 5.41) is 6.29. The number of aliphatic imine (C=N–C) groups is 1. The number of nitrogens with one attached hydrogen (secondary N) is 1. The first-order valence-corrected chi connectivity index (χ1v) is 8.57. The highest BCUT2D eigenvalue weighted by atomic mass is 32.1. The molecule has 2 aliphatic rings. The number of amides is 1. The lowest BCUT2D eigenvalue weighted by Crippen LogP contribution is -2.27. The number of carbonyl (C=O) groups is 1. The molecule has 0 bridgehead atoms. The van der Waals surface area contributed by atoms with Crippen LogP contribution in [0.15, 0.2) is 45.8 Å². The van der Waals surface area contributed by atoms with Crippen LogP contribution < -0.4 is 5.43 Å². The van der Waals surface area contributed by atoms with E-state index < -0.39 is 0 Å². The fourth-order valence-electron chi connectivity index (χ4n) is 3.16. The van der Waals surface area contributed by atoms with Gasteiger partial charge in [0.25, 0.3) is 0 Å². The maximum atomic E-state index is 11.3. The molecule has 0 saturated carbocycles. The van der Waals surface area contributed by atoms with Crippen LogP contribution in [0.3, 0.4) is 0 Å². The molecule has 2 aromatic rings. The smallest absolute Gasteiger partial charge is 0.240 e. The molecule has 1 N–H and O–H groups in total. The molecular weight excluding hydrogens is 306 g/mol. The Bertz CT molecular complexity index is 847. The monoisotopic (exact) mass is 323 g/mol. The SMILES string of the molecule is CC1(C)C(c2cccs2)=Nc2ccc(C3=NNC(=O)CC3)cc21. The number of nitrogens with zero attached hydrogens (tertiary/aromatic N) is 2. The van der Waals surface area contributed by atoms with Crippen molar-refractivity contribution in [1.29, 1.82) is 0 Å². The minimum atomic E-state index is -0.130. The Morgan fingerprint density at radius 3 is 2.78 bits per heavy atom. The highest BCUT2D eigenvalue weighted by Gasteiger charge is 2.36. The number of rotatable bonds is 2. The summed E-state index contributed by atoms with van der Waals surface area (Å²) in [5.74, 6) is -0.0152. The quantitative estimate of drug-likeness (QED) is 0.898. The Kier molecular flexibility index (Phi) is 3.20. The van der Waals surface area contributed by atoms with E-state index in [1.807, 2.05) is 6.07 Å². The second-order valence-corrected chi connectivity index (χ2v) is 7.34. The lowest BCUT2D eigenvalue weighted by Gasteiger charge is -2.22. The second kappa shape index (κ2) is 5.13. The molecule has 0 radical (unpaired) electrons. The third-order valence-electron chi connectivity index (χ3n) is 4.49. The van der Waals surface area contributed by atoms with Crippen molar-refractivity contribution in [2.45, 2.75) is 32.1 Å². The molecule has 1 aromatic carbocycles. The van der Waals surface area contributed by atoms with Crippen molar-refractivity contribution in [2.24, 2.45) is 10.1 Å². The van der Waals surface area contributed by atoms with Crippen LogP contribution in [-0.4, -0.2) is 17.3 Å². The molecule has 2 aliphatic heterocycles. The van der Waals surface area contributed by atoms with Crippen molar-refractivity contribution < 1.29 is 4.79 Å². The van der Waals surface area contributed by atoms with Gasteiger partial charge in [-0.2, -0.15) is 5.10 Å². The fraction of sp³-hybridized carbons (Fsp3) is 0.278. The predicted molar refractivity (Wildman–Crippen MR) is 93.9 cm³/mol. The average Bonchev–Trinajstić information content (AvgIpc) is 3.14. The van der Waals surface area contributed by atoms with Gasteiger partial charge in [0.1, 0.15) is 0 Å². The molecule has 4 nitrogen and oxygen atoms in total. The summed E-state index contributed by atoms with van der Waals surface area (Å²) in [5.41, 5.74) is 7.82. The first-order valence-electron chi connectivity index (χ1n) is 7.69. The van der Waals surface area contributed by atoms with Gasteiger partial charge >= 0.3 is 0 Å². The molecule has 5 heteroatoms. The van der Waals surface area contributed by atoms with Crippen molar-refractivity contribution in [3.05, 3.63) is 51.7 Å². The molecule has 1 amide bonds. The molecule has 23 heavy (non-hydrogen) atoms. The van der Waals surface area contributed by atoms with Gasteiger partial charge < -0.3 is 0 Å². The van der Waals surface area contributed by atoms with Crippen LogP contribution >= 0.6 is 11.3 Å². The van der Waals surface area contributed by atoms with E-state index in [0.717, 1.165) is 22.7 Å². The second-order valence-electron chi connectivity index (χ2n) is 6.39. The Morgan fingerprint density at radius 2 is 2.09 bits per heavy atom. The normalized spacial score (nSPS) is 19.0. The van der Waals surface area contributed by atoms with Gasteiger partial charge in [-0.25, -0.2) is 5.43 Å². The summed E-state index contributed by atoms with van der Waals surface area (Å²) in [7, 11) is 0. The van der Waals surface area contributed by atoms with Crippen LogP contribution in [0.4, 0.5) is 5.69 Å². The van der Waals surface area contributed by atoms with Crippen LogP contribution in [0.1, 0.15) is 42.7 Å². The Morgan fingerprint density at radius 1 is 1.22 bits per heavy atom. The zero-order chi connectivity index (χ0) is 16.0. The van der Waals surface area contributed by atoms with Crippen molar-refractivity contribution in [1.82, 2.24) is 5.43 Å². The molecule has 1 aromatic heterocycles. The van der Waals surface area contributed by atoms with Gasteiger partial charge in [0.2, 0.25) is 5.91 Å². The third kappa shape index (κ3) is 2.32. The summed E-state index contributed by atoms with van der Waals surface area (Å²) in [4.78, 5) is 17.3. The van der Waals surface area contributed by atoms with Crippen molar-refractivity contribution in [3.8, 4) is 0 Å². The molecule has 0 aliphatic carbocycles. The lowest BCUT2D eigenvalue weighted by atomic mass is 9.80. The van der Waals surface area contributed by atoms with E-state index in [0.29, 0.717) is 12.8 Å². The van der Waals surface area contributed by atoms with Gasteiger partial charge in [-0.15, -0.1) is 11.3 Å². The minimum Gasteiger partial charge on any atom is -0.273 e. The van der Waals surface area contributed by atoms with Gasteiger partial charge in [-0.05, 0) is 34.7 Å². The molecule has 0 saturated heterocycles. The number of hydrogen-bond acceptors (Lipinski definition) is 4. The van der Waals surface area contributed by atoms with Crippen LogP contribution in [0.2, 0.25) is 0 Å². The Balaban J connectivity index is 1.74. The zero-order valence-corrected chi connectivity index (χ0v) is 13.9. The summed E-state index contributed by atoms with van der Waals surface area (Å²) in [6.45, 7) is 4.43. The van der Waals surface area contributed by atoms with E-state index in [2.05, 4.69) is 54.0 Å². The number of carbonyl (C=O) groups excluding carboxylic acids is 1. The summed E-state index contributed by atoms with van der Waals surface area (Å²) in [6, 6.07) is 10.5. The number of thiophene rings is 1. The number of benzene rings is 1. The maximum Gasteiger partial charge on any atom is 0.240 e. The lowest BCUT2D eigenvalue weighted by molar-refractivity contribution is -0.121. The number of hydrogen-bond donors (Lipinski definition) is 1. The van der Waals surface area contributed by atoms with E-state index in [-0.39, 0.29) is 11.3 Å². The third-order valence-corrected chi connectivity index (χ3v) is 5.36. The summed E-state index contributed by atoms with van der Waals surface area (Å²) >= 11 is 1.72. The van der Waals surface area contributed by atoms with Crippen LogP contribution in [0.25, 0.3) is 0 Å². The zero-order valence-electron chi connectivity index (χ0n) is 13.1. The standard InChI is InChI=1S/C18H17N3OS/c1-18(2)12-10-11(13-7-8-16(22)21-20-13)5-6-14(12)19-17(18)15-4-3-9-23-15/h3-6,9-10H,7-8H2,1-2H3,(H,21,22). The number of hydrazone groups is 1. The van der Waals surface area contributed by atoms with Crippen molar-refractivity contribution >= 4 is 34.4 Å². The van der Waals surface area contributed by atoms with E-state index in [1.54, 1.807) is 11.3 Å². The largest absolute Gasteiger partial charge is 0.273 e. The van der Waals surface area contributed by atoms with Crippen LogP contribution in [0, 0.1) is 0 Å². The molecule has 4 rings (SSSR count). The topological polar surface area (TPSA) is 53.8 Å². The Hall–Kier alpha value is -2.27. The van der Waals surface area contributed by atoms with E-state index in [9.17, 15) is 4.79 Å². The molecule has 116 valence electrons. The molecule has 0 unspecified atom stereocenters. The molecule has 0 atom stereocenters. The van der Waals surface area contributed by atoms with E-state index >= 15 is 0 Å². The highest BCUT2D eigenvalue weighted by molar-refractivity contribution is 7.12. The van der Waals surface area contributed by atoms with Gasteiger partial charge in [-0.3, -0.25) is 9.79 Å². The summed E-state index contributed by atoms with van der Waals surface area (Å²) in [6.07, 6.45) is 1.18. The summed E-state index contributed by atoms with van der Waals surface area (Å²) < 4.78 is 0. The fourth-order valence-corrected chi connectivity index (χ4v) is 4.03. The maximum absolute atomic E-state index is 11.3. The van der Waals surface area contributed by atoms with E-state index in [1.165, 1.54) is 10.4 Å². The van der Waals surface area contributed by atoms with Gasteiger partial charge in [-0.1, -0.05) is 26.0 Å².